The van der Waals surface area contributed by atoms with Gasteiger partial charge >= 0.3 is 0 Å². The molecule has 0 unspecified atom stereocenters. The van der Waals surface area contributed by atoms with Crippen LogP contribution in [0.1, 0.15) is 0 Å². The number of nitrogens with one attached hydrogen (secondary N) is 1. The highest BCUT2D eigenvalue weighted by Gasteiger charge is 2.14. The van der Waals surface area contributed by atoms with Crippen LogP contribution in [-0.4, -0.2) is 30.2 Å². The summed E-state index contributed by atoms with van der Waals surface area (Å²) in [6.45, 7) is 0. The first-order valence-electron chi connectivity index (χ1n) is 4.12. The third-order valence-electron chi connectivity index (χ3n) is 1.76. The van der Waals surface area contributed by atoms with E-state index in [0.29, 0.717) is 0 Å². The van der Waals surface area contributed by atoms with Crippen molar-refractivity contribution in [1.29, 1.82) is 0 Å². The van der Waals surface area contributed by atoms with Crippen molar-refractivity contribution in [3.8, 4) is 0 Å². The van der Waals surface area contributed by atoms with Crippen LogP contribution in [0.2, 0.25) is 0 Å². The fourth-order valence-electron chi connectivity index (χ4n) is 1.02. The van der Waals surface area contributed by atoms with E-state index in [1.165, 1.54) is 31.4 Å². The third kappa shape index (κ3) is 3.01. The predicted molar refractivity (Wildman–Crippen MR) is 56.9 cm³/mol. The first-order chi connectivity index (χ1) is 7.27. The average Bonchev–Trinajstić information content (AvgIpc) is 2.16. The number of benzene rings is 1. The summed E-state index contributed by atoms with van der Waals surface area (Å²) in [5.41, 5.74) is 0. The summed E-state index contributed by atoms with van der Waals surface area (Å²) >= 11 is 0. The molecule has 0 bridgehead atoms. The lowest BCUT2D eigenvalue weighted by Gasteiger charge is -2.04. The highest BCUT2D eigenvalue weighted by Crippen LogP contribution is 2.13. The molecule has 0 aliphatic heterocycles. The van der Waals surface area contributed by atoms with E-state index >= 15 is 0 Å². The van der Waals surface area contributed by atoms with E-state index in [9.17, 15) is 16.8 Å². The molecule has 0 saturated heterocycles. The Bertz CT molecular complexity index is 559. The van der Waals surface area contributed by atoms with E-state index in [1.54, 1.807) is 0 Å². The molecule has 1 N–H and O–H groups in total. The molecule has 6 nitrogen and oxygen atoms in total. The Labute approximate surface area is 94.2 Å². The van der Waals surface area contributed by atoms with Gasteiger partial charge < -0.3 is 0 Å². The van der Waals surface area contributed by atoms with Gasteiger partial charge in [-0.3, -0.25) is 4.84 Å². The molecule has 1 rings (SSSR count). The van der Waals surface area contributed by atoms with Gasteiger partial charge in [0.1, 0.15) is 0 Å². The van der Waals surface area contributed by atoms with E-state index < -0.39 is 19.9 Å². The standard InChI is InChI=1S/C8H11NO5S2/c1-14-9-16(12,13)8-5-3-7(4-6-8)15(2,10)11/h3-6,9H,1-2H3. The van der Waals surface area contributed by atoms with E-state index in [2.05, 4.69) is 4.84 Å². The smallest absolute Gasteiger partial charge is 0.262 e. The van der Waals surface area contributed by atoms with Crippen LogP contribution in [0.25, 0.3) is 0 Å². The summed E-state index contributed by atoms with van der Waals surface area (Å²) in [6, 6.07) is 4.83. The molecule has 0 fully saturated rings. The number of sulfone groups is 1. The summed E-state index contributed by atoms with van der Waals surface area (Å²) in [7, 11) is -5.89. The number of hydrogen-bond acceptors (Lipinski definition) is 5. The molecule has 0 aliphatic rings. The fraction of sp³-hybridized carbons (Fsp3) is 0.250. The van der Waals surface area contributed by atoms with E-state index in [0.717, 1.165) is 6.26 Å². The third-order valence-corrected chi connectivity index (χ3v) is 4.16. The van der Waals surface area contributed by atoms with Gasteiger partial charge in [-0.1, -0.05) is 4.89 Å². The van der Waals surface area contributed by atoms with Crippen LogP contribution >= 0.6 is 0 Å². The van der Waals surface area contributed by atoms with Crippen LogP contribution in [0.5, 0.6) is 0 Å². The average molecular weight is 265 g/mol. The zero-order chi connectivity index (χ0) is 12.4. The fourth-order valence-corrected chi connectivity index (χ4v) is 2.46. The molecule has 0 saturated carbocycles. The highest BCUT2D eigenvalue weighted by molar-refractivity contribution is 7.90. The molecule has 0 heterocycles. The molecule has 0 aliphatic carbocycles. The molecule has 16 heavy (non-hydrogen) atoms. The molecule has 0 amide bonds. The van der Waals surface area contributed by atoms with Crippen LogP contribution in [0, 0.1) is 0 Å². The lowest BCUT2D eigenvalue weighted by atomic mass is 10.4. The van der Waals surface area contributed by atoms with Gasteiger partial charge in [0.2, 0.25) is 0 Å². The van der Waals surface area contributed by atoms with Crippen molar-refractivity contribution in [3.63, 3.8) is 0 Å². The molecular weight excluding hydrogens is 254 g/mol. The lowest BCUT2D eigenvalue weighted by molar-refractivity contribution is 0.153. The van der Waals surface area contributed by atoms with E-state index in [4.69, 9.17) is 0 Å². The van der Waals surface area contributed by atoms with Crippen LogP contribution < -0.4 is 4.89 Å². The van der Waals surface area contributed by atoms with Gasteiger partial charge in [0.15, 0.2) is 9.84 Å². The SMILES string of the molecule is CONS(=O)(=O)c1ccc(S(C)(=O)=O)cc1. The molecule has 1 aromatic rings. The molecule has 8 heteroatoms. The molecule has 0 spiro atoms. The zero-order valence-electron chi connectivity index (χ0n) is 8.67. The first kappa shape index (κ1) is 13.1. The van der Waals surface area contributed by atoms with Crippen molar-refractivity contribution >= 4 is 19.9 Å². The maximum atomic E-state index is 11.4. The minimum absolute atomic E-state index is 0.0591. The van der Waals surface area contributed by atoms with Crippen molar-refractivity contribution < 1.29 is 21.7 Å². The van der Waals surface area contributed by atoms with Gasteiger partial charge in [-0.05, 0) is 24.3 Å². The van der Waals surface area contributed by atoms with Gasteiger partial charge in [-0.25, -0.2) is 16.8 Å². The van der Waals surface area contributed by atoms with Gasteiger partial charge in [0.25, 0.3) is 10.0 Å². The summed E-state index contributed by atoms with van der Waals surface area (Å²) in [5.74, 6) is 0. The molecular formula is C8H11NO5S2. The molecule has 0 radical (unpaired) electrons. The highest BCUT2D eigenvalue weighted by atomic mass is 32.2. The summed E-state index contributed by atoms with van der Waals surface area (Å²) < 4.78 is 45.1. The molecule has 0 aromatic heterocycles. The lowest BCUT2D eigenvalue weighted by Crippen LogP contribution is -2.22. The minimum atomic E-state index is -3.74. The van der Waals surface area contributed by atoms with Gasteiger partial charge in [-0.2, -0.15) is 0 Å². The Morgan fingerprint density at radius 3 is 1.81 bits per heavy atom. The number of rotatable bonds is 4. The van der Waals surface area contributed by atoms with Crippen LogP contribution in [0.15, 0.2) is 34.1 Å². The van der Waals surface area contributed by atoms with Crippen molar-refractivity contribution in [2.24, 2.45) is 0 Å². The number of sulfonamides is 1. The van der Waals surface area contributed by atoms with Crippen molar-refractivity contribution in [3.05, 3.63) is 24.3 Å². The second-order valence-electron chi connectivity index (χ2n) is 3.03. The van der Waals surface area contributed by atoms with Crippen molar-refractivity contribution in [1.82, 2.24) is 4.89 Å². The Hall–Kier alpha value is -0.960. The summed E-state index contributed by atoms with van der Waals surface area (Å²) in [6.07, 6.45) is 1.05. The van der Waals surface area contributed by atoms with Gasteiger partial charge in [-0.15, -0.1) is 0 Å². The van der Waals surface area contributed by atoms with Crippen LogP contribution in [0.4, 0.5) is 0 Å². The number of hydrogen-bond donors (Lipinski definition) is 1. The van der Waals surface area contributed by atoms with Crippen LogP contribution in [0.3, 0.4) is 0 Å². The maximum Gasteiger partial charge on any atom is 0.262 e. The van der Waals surface area contributed by atoms with Crippen LogP contribution in [-0.2, 0) is 24.7 Å². The minimum Gasteiger partial charge on any atom is -0.290 e. The topological polar surface area (TPSA) is 89.5 Å². The normalized spacial score (nSPS) is 12.6. The quantitative estimate of drug-likeness (QED) is 0.770. The summed E-state index contributed by atoms with van der Waals surface area (Å²) in [4.78, 5) is 6.11. The van der Waals surface area contributed by atoms with E-state index in [1.807, 2.05) is 4.89 Å². The molecule has 1 aromatic carbocycles. The first-order valence-corrected chi connectivity index (χ1v) is 7.50. The predicted octanol–water partition coefficient (Wildman–Crippen LogP) is -0.0702. The maximum absolute atomic E-state index is 11.4. The Kier molecular flexibility index (Phi) is 3.68. The van der Waals surface area contributed by atoms with E-state index in [-0.39, 0.29) is 9.79 Å². The summed E-state index contributed by atoms with van der Waals surface area (Å²) in [5, 5.41) is 0. The van der Waals surface area contributed by atoms with Crippen molar-refractivity contribution in [2.75, 3.05) is 13.4 Å². The Balaban J connectivity index is 3.15. The molecule has 0 atom stereocenters. The van der Waals surface area contributed by atoms with Gasteiger partial charge in [0.05, 0.1) is 16.9 Å². The zero-order valence-corrected chi connectivity index (χ0v) is 10.3. The largest absolute Gasteiger partial charge is 0.290 e. The second-order valence-corrected chi connectivity index (χ2v) is 6.70. The van der Waals surface area contributed by atoms with Gasteiger partial charge in [0, 0.05) is 6.26 Å². The monoisotopic (exact) mass is 265 g/mol. The Morgan fingerprint density at radius 2 is 1.44 bits per heavy atom. The van der Waals surface area contributed by atoms with Crippen molar-refractivity contribution in [2.45, 2.75) is 9.79 Å². The Morgan fingerprint density at radius 1 is 1.00 bits per heavy atom. The second kappa shape index (κ2) is 4.50. The molecule has 90 valence electrons.